The molecular formula is C42H52F2N8. The van der Waals surface area contributed by atoms with E-state index in [9.17, 15) is 8.78 Å². The zero-order valence-corrected chi connectivity index (χ0v) is 31.0. The highest BCUT2D eigenvalue weighted by Crippen LogP contribution is 2.38. The maximum absolute atomic E-state index is 13.7. The Morgan fingerprint density at radius 3 is 2.54 bits per heavy atom. The second-order valence-corrected chi connectivity index (χ2v) is 14.5. The molecule has 3 aromatic rings. The van der Waals surface area contributed by atoms with Crippen molar-refractivity contribution in [1.82, 2.24) is 20.1 Å². The number of nitrogens with one attached hydrogen (secondary N) is 3. The van der Waals surface area contributed by atoms with Crippen LogP contribution in [-0.2, 0) is 6.42 Å². The lowest BCUT2D eigenvalue weighted by Gasteiger charge is -2.38. The van der Waals surface area contributed by atoms with E-state index in [2.05, 4.69) is 70.7 Å². The standard InChI is InChI=1S/C42H52F2N8/c1-27-9-7-8-10-38(46-5)37(25-45)40-22-33(19-28(2)47-40)29(3)48-42-49-39-12-11-32(23-41(39)52(42)26-27)30(4)50(6)36-14-17-51(18-15-36)16-13-31-20-34(43)24-35(44)21-31/h11-12,19-25,27,36,45-46H,3-4,7-10,13-18,26H2,1-2,5-6H3,(H,48,49)/b38-37+,45-25?/t27-/m1/s1. The van der Waals surface area contributed by atoms with Crippen molar-refractivity contribution in [3.63, 3.8) is 0 Å². The molecule has 1 atom stereocenters. The van der Waals surface area contributed by atoms with Gasteiger partial charge in [-0.25, -0.2) is 13.8 Å². The number of aromatic nitrogens is 1. The Morgan fingerprint density at radius 1 is 1.08 bits per heavy atom. The molecule has 8 nitrogen and oxygen atoms in total. The molecule has 0 radical (unpaired) electrons. The van der Waals surface area contributed by atoms with Crippen LogP contribution in [0.4, 0.5) is 20.2 Å². The number of hydrogen-bond acceptors (Lipinski definition) is 8. The molecule has 1 saturated heterocycles. The van der Waals surface area contributed by atoms with Crippen LogP contribution in [0.3, 0.4) is 0 Å². The van der Waals surface area contributed by atoms with Crippen molar-refractivity contribution in [2.24, 2.45) is 10.9 Å². The maximum Gasteiger partial charge on any atom is 0.208 e. The number of piperidine rings is 1. The minimum absolute atomic E-state index is 0.348. The molecule has 1 aromatic heterocycles. The summed E-state index contributed by atoms with van der Waals surface area (Å²) in [5.74, 6) is 0.116. The number of hydrogen-bond donors (Lipinski definition) is 3. The average molecular weight is 707 g/mol. The highest BCUT2D eigenvalue weighted by atomic mass is 19.1. The zero-order valence-electron chi connectivity index (χ0n) is 31.0. The average Bonchev–Trinajstić information content (AvgIpc) is 3.45. The molecule has 3 aliphatic rings. The summed E-state index contributed by atoms with van der Waals surface area (Å²) in [5.41, 5.74) is 9.74. The Balaban J connectivity index is 1.19. The first kappa shape index (κ1) is 36.9. The number of halogens is 2. The number of nitrogens with zero attached hydrogens (tertiary/aromatic N) is 5. The molecule has 3 aliphatic heterocycles. The highest BCUT2D eigenvalue weighted by Gasteiger charge is 2.29. The second-order valence-electron chi connectivity index (χ2n) is 14.5. The van der Waals surface area contributed by atoms with E-state index < -0.39 is 11.6 Å². The highest BCUT2D eigenvalue weighted by molar-refractivity contribution is 6.16. The molecule has 2 aromatic carbocycles. The van der Waals surface area contributed by atoms with E-state index >= 15 is 0 Å². The van der Waals surface area contributed by atoms with Gasteiger partial charge in [-0.15, -0.1) is 0 Å². The van der Waals surface area contributed by atoms with Crippen molar-refractivity contribution in [1.29, 1.82) is 5.41 Å². The van der Waals surface area contributed by atoms with E-state index in [4.69, 9.17) is 15.4 Å². The number of rotatable bonds is 8. The number of fused-ring (bicyclic) bond motifs is 5. The van der Waals surface area contributed by atoms with E-state index in [1.807, 2.05) is 26.1 Å². The number of aryl methyl sites for hydroxylation is 1. The lowest BCUT2D eigenvalue weighted by Crippen LogP contribution is -2.43. The summed E-state index contributed by atoms with van der Waals surface area (Å²) in [6.45, 7) is 16.6. The van der Waals surface area contributed by atoms with Crippen molar-refractivity contribution >= 4 is 40.5 Å². The summed E-state index contributed by atoms with van der Waals surface area (Å²) in [5, 5.41) is 15.1. The molecule has 0 spiro atoms. The minimum Gasteiger partial charge on any atom is -0.391 e. The quantitative estimate of drug-likeness (QED) is 0.205. The van der Waals surface area contributed by atoms with Crippen LogP contribution < -0.4 is 15.5 Å². The molecule has 0 unspecified atom stereocenters. The molecular weight excluding hydrogens is 655 g/mol. The van der Waals surface area contributed by atoms with Crippen LogP contribution in [0.15, 0.2) is 72.4 Å². The molecule has 0 amide bonds. The number of likely N-dealkylation sites (tertiary alicyclic amines) is 1. The second kappa shape index (κ2) is 16.2. The summed E-state index contributed by atoms with van der Waals surface area (Å²) >= 11 is 0. The largest absolute Gasteiger partial charge is 0.391 e. The smallest absolute Gasteiger partial charge is 0.208 e. The lowest BCUT2D eigenvalue weighted by atomic mass is 9.99. The van der Waals surface area contributed by atoms with Gasteiger partial charge >= 0.3 is 0 Å². The maximum atomic E-state index is 13.7. The first-order chi connectivity index (χ1) is 25.0. The Bertz CT molecular complexity index is 1870. The van der Waals surface area contributed by atoms with Crippen LogP contribution in [0.5, 0.6) is 0 Å². The van der Waals surface area contributed by atoms with Crippen molar-refractivity contribution in [2.75, 3.05) is 50.5 Å². The van der Waals surface area contributed by atoms with Crippen molar-refractivity contribution in [3.8, 4) is 0 Å². The molecule has 0 aliphatic carbocycles. The Kier molecular flexibility index (Phi) is 11.5. The summed E-state index contributed by atoms with van der Waals surface area (Å²) < 4.78 is 27.3. The van der Waals surface area contributed by atoms with Crippen LogP contribution in [-0.4, -0.2) is 73.3 Å². The summed E-state index contributed by atoms with van der Waals surface area (Å²) in [4.78, 5) is 16.9. The molecule has 52 heavy (non-hydrogen) atoms. The lowest BCUT2D eigenvalue weighted by molar-refractivity contribution is 0.162. The van der Waals surface area contributed by atoms with Gasteiger partial charge in [-0.05, 0) is 98.9 Å². The van der Waals surface area contributed by atoms with Crippen molar-refractivity contribution < 1.29 is 8.78 Å². The van der Waals surface area contributed by atoms with Crippen LogP contribution in [0.1, 0.15) is 73.5 Å². The van der Waals surface area contributed by atoms with Crippen LogP contribution in [0.25, 0.3) is 17.0 Å². The molecule has 3 N–H and O–H groups in total. The topological polar surface area (TPSA) is 82.9 Å². The number of benzene rings is 2. The van der Waals surface area contributed by atoms with E-state index in [1.54, 1.807) is 0 Å². The number of anilines is 2. The van der Waals surface area contributed by atoms with Gasteiger partial charge in [-0.3, -0.25) is 4.98 Å². The zero-order chi connectivity index (χ0) is 36.9. The third-order valence-corrected chi connectivity index (χ3v) is 10.7. The molecule has 10 heteroatoms. The SMILES string of the molecule is C=C1/N=C2\Nc3ccc(C(=C)N(C)C4CCN(CCc5cc(F)cc(F)c5)CC4)cc3N2C[C@H](C)CCCC/C(NC)=C(/C=N)c2cc1cc(C)n2. The van der Waals surface area contributed by atoms with Crippen molar-refractivity contribution in [3.05, 3.63) is 107 Å². The fourth-order valence-electron chi connectivity index (χ4n) is 7.69. The third-order valence-electron chi connectivity index (χ3n) is 10.7. The number of pyridine rings is 1. The first-order valence-electron chi connectivity index (χ1n) is 18.5. The Morgan fingerprint density at radius 2 is 1.83 bits per heavy atom. The molecule has 4 heterocycles. The van der Waals surface area contributed by atoms with Crippen LogP contribution in [0.2, 0.25) is 0 Å². The van der Waals surface area contributed by atoms with Crippen LogP contribution in [0, 0.1) is 29.9 Å². The van der Waals surface area contributed by atoms with Gasteiger partial charge in [0.05, 0.1) is 22.8 Å². The summed E-state index contributed by atoms with van der Waals surface area (Å²) in [6.07, 6.45) is 8.01. The summed E-state index contributed by atoms with van der Waals surface area (Å²) in [6, 6.07) is 14.6. The summed E-state index contributed by atoms with van der Waals surface area (Å²) in [7, 11) is 4.05. The van der Waals surface area contributed by atoms with E-state index in [0.717, 1.165) is 128 Å². The molecule has 0 saturated carbocycles. The number of allylic oxidation sites excluding steroid dienone is 2. The molecule has 1 fully saturated rings. The number of guanidine groups is 1. The van der Waals surface area contributed by atoms with Gasteiger partial charge in [-0.2, -0.15) is 0 Å². The molecule has 6 rings (SSSR count). The predicted molar refractivity (Wildman–Crippen MR) is 212 cm³/mol. The van der Waals surface area contributed by atoms with E-state index in [1.165, 1.54) is 18.3 Å². The van der Waals surface area contributed by atoms with E-state index in [0.29, 0.717) is 29.6 Å². The normalized spacial score (nSPS) is 21.2. The van der Waals surface area contributed by atoms with Gasteiger partial charge in [0.1, 0.15) is 11.6 Å². The predicted octanol–water partition coefficient (Wildman–Crippen LogP) is 8.33. The fourth-order valence-corrected chi connectivity index (χ4v) is 7.69. The number of aliphatic imine (C=N–C) groups is 1. The van der Waals surface area contributed by atoms with Gasteiger partial charge in [0.2, 0.25) is 5.96 Å². The third kappa shape index (κ3) is 8.44. The first-order valence-corrected chi connectivity index (χ1v) is 18.5. The fraction of sp³-hybridized carbons (Fsp3) is 0.405. The van der Waals surface area contributed by atoms with E-state index in [-0.39, 0.29) is 0 Å². The van der Waals surface area contributed by atoms with Crippen molar-refractivity contribution in [2.45, 2.75) is 64.8 Å². The van der Waals surface area contributed by atoms with Crippen LogP contribution >= 0.6 is 0 Å². The Labute approximate surface area is 307 Å². The van der Waals surface area contributed by atoms with Gasteiger partial charge in [-0.1, -0.05) is 32.6 Å². The monoisotopic (exact) mass is 706 g/mol. The van der Waals surface area contributed by atoms with Gasteiger partial charge < -0.3 is 30.7 Å². The molecule has 2 bridgehead atoms. The molecule has 274 valence electrons. The minimum atomic E-state index is -0.521. The Hall–Kier alpha value is -4.83. The van der Waals surface area contributed by atoms with Gasteiger partial charge in [0, 0.05) is 86.8 Å². The van der Waals surface area contributed by atoms with Gasteiger partial charge in [0.25, 0.3) is 0 Å². The van der Waals surface area contributed by atoms with Gasteiger partial charge in [0.15, 0.2) is 0 Å².